The molecule has 1 aromatic heterocycles. The highest BCUT2D eigenvalue weighted by atomic mass is 16.5. The minimum atomic E-state index is -0.257. The van der Waals surface area contributed by atoms with Gasteiger partial charge in [0.1, 0.15) is 0 Å². The number of ether oxygens (including phenoxy) is 1. The van der Waals surface area contributed by atoms with Crippen molar-refractivity contribution in [1.82, 2.24) is 10.3 Å². The molecule has 4 heteroatoms. The average molecular weight is 258 g/mol. The van der Waals surface area contributed by atoms with Crippen molar-refractivity contribution in [3.05, 3.63) is 35.0 Å². The molecule has 1 aliphatic heterocycles. The molecule has 0 fully saturated rings. The van der Waals surface area contributed by atoms with Gasteiger partial charge in [-0.25, -0.2) is 4.79 Å². The highest BCUT2D eigenvalue weighted by Crippen LogP contribution is 2.28. The number of para-hydroxylation sites is 1. The summed E-state index contributed by atoms with van der Waals surface area (Å²) < 4.78 is 5.11. The summed E-state index contributed by atoms with van der Waals surface area (Å²) in [6.07, 6.45) is 0.965. The van der Waals surface area contributed by atoms with E-state index in [0.29, 0.717) is 18.2 Å². The molecule has 0 saturated carbocycles. The molecule has 19 heavy (non-hydrogen) atoms. The SMILES string of the molecule is CCOC(=O)c1cccc2c3c([nH]c12)CC(C)NC3. The van der Waals surface area contributed by atoms with Crippen LogP contribution in [0, 0.1) is 0 Å². The quantitative estimate of drug-likeness (QED) is 0.813. The number of hydrogen-bond acceptors (Lipinski definition) is 3. The van der Waals surface area contributed by atoms with Gasteiger partial charge in [0, 0.05) is 30.1 Å². The van der Waals surface area contributed by atoms with Gasteiger partial charge in [0.15, 0.2) is 0 Å². The molecule has 4 nitrogen and oxygen atoms in total. The lowest BCUT2D eigenvalue weighted by atomic mass is 10.0. The van der Waals surface area contributed by atoms with Gasteiger partial charge in [-0.1, -0.05) is 12.1 Å². The van der Waals surface area contributed by atoms with Crippen LogP contribution in [-0.4, -0.2) is 23.6 Å². The van der Waals surface area contributed by atoms with Crippen LogP contribution in [0.4, 0.5) is 0 Å². The average Bonchev–Trinajstić information content (AvgIpc) is 2.75. The third-order valence-corrected chi connectivity index (χ3v) is 3.66. The Hall–Kier alpha value is -1.81. The zero-order chi connectivity index (χ0) is 13.4. The van der Waals surface area contributed by atoms with Crippen LogP contribution in [0.15, 0.2) is 18.2 Å². The van der Waals surface area contributed by atoms with E-state index in [4.69, 9.17) is 4.74 Å². The van der Waals surface area contributed by atoms with Crippen molar-refractivity contribution < 1.29 is 9.53 Å². The van der Waals surface area contributed by atoms with Crippen molar-refractivity contribution in [3.63, 3.8) is 0 Å². The van der Waals surface area contributed by atoms with Crippen molar-refractivity contribution in [3.8, 4) is 0 Å². The Morgan fingerprint density at radius 2 is 2.32 bits per heavy atom. The highest BCUT2D eigenvalue weighted by Gasteiger charge is 2.21. The predicted octanol–water partition coefficient (Wildman–Crippen LogP) is 2.38. The number of nitrogens with one attached hydrogen (secondary N) is 2. The lowest BCUT2D eigenvalue weighted by Crippen LogP contribution is -2.32. The Labute approximate surface area is 112 Å². The molecule has 2 aromatic rings. The van der Waals surface area contributed by atoms with Crippen LogP contribution in [0.1, 0.15) is 35.5 Å². The minimum absolute atomic E-state index is 0.257. The largest absolute Gasteiger partial charge is 0.462 e. The third-order valence-electron chi connectivity index (χ3n) is 3.66. The van der Waals surface area contributed by atoms with E-state index in [0.717, 1.165) is 23.9 Å². The molecular formula is C15H18N2O2. The van der Waals surface area contributed by atoms with E-state index in [1.807, 2.05) is 19.1 Å². The molecule has 0 aliphatic carbocycles. The van der Waals surface area contributed by atoms with Gasteiger partial charge < -0.3 is 15.0 Å². The van der Waals surface area contributed by atoms with Crippen LogP contribution in [0.5, 0.6) is 0 Å². The smallest absolute Gasteiger partial charge is 0.340 e. The molecule has 0 amide bonds. The second-order valence-corrected chi connectivity index (χ2v) is 5.02. The fraction of sp³-hybridized carbons (Fsp3) is 0.400. The molecule has 2 heterocycles. The first-order valence-electron chi connectivity index (χ1n) is 6.73. The Kier molecular flexibility index (Phi) is 3.03. The number of aromatic amines is 1. The maximum absolute atomic E-state index is 12.0. The van der Waals surface area contributed by atoms with E-state index in [1.165, 1.54) is 11.3 Å². The van der Waals surface area contributed by atoms with Gasteiger partial charge in [-0.2, -0.15) is 0 Å². The first-order chi connectivity index (χ1) is 9.20. The molecule has 1 atom stereocenters. The summed E-state index contributed by atoms with van der Waals surface area (Å²) in [6, 6.07) is 6.26. The number of carbonyl (C=O) groups excluding carboxylic acids is 1. The van der Waals surface area contributed by atoms with Crippen LogP contribution < -0.4 is 5.32 Å². The number of benzene rings is 1. The summed E-state index contributed by atoms with van der Waals surface area (Å²) in [5.74, 6) is -0.257. The number of aromatic nitrogens is 1. The van der Waals surface area contributed by atoms with E-state index in [-0.39, 0.29) is 5.97 Å². The summed E-state index contributed by atoms with van der Waals surface area (Å²) in [4.78, 5) is 15.4. The van der Waals surface area contributed by atoms with Crippen molar-refractivity contribution in [2.24, 2.45) is 0 Å². The van der Waals surface area contributed by atoms with Gasteiger partial charge in [-0.05, 0) is 25.5 Å². The van der Waals surface area contributed by atoms with E-state index >= 15 is 0 Å². The summed E-state index contributed by atoms with van der Waals surface area (Å²) in [6.45, 7) is 5.24. The normalized spacial score (nSPS) is 18.3. The Bertz CT molecular complexity index is 630. The van der Waals surface area contributed by atoms with Crippen molar-refractivity contribution in [2.45, 2.75) is 32.9 Å². The van der Waals surface area contributed by atoms with Gasteiger partial charge in [0.05, 0.1) is 17.7 Å². The Balaban J connectivity index is 2.13. The molecule has 2 N–H and O–H groups in total. The van der Waals surface area contributed by atoms with Crippen molar-refractivity contribution in [2.75, 3.05) is 6.61 Å². The summed E-state index contributed by atoms with van der Waals surface area (Å²) in [7, 11) is 0. The van der Waals surface area contributed by atoms with Crippen LogP contribution in [-0.2, 0) is 17.7 Å². The Morgan fingerprint density at radius 3 is 3.11 bits per heavy atom. The monoisotopic (exact) mass is 258 g/mol. The van der Waals surface area contributed by atoms with Crippen molar-refractivity contribution >= 4 is 16.9 Å². The molecular weight excluding hydrogens is 240 g/mol. The van der Waals surface area contributed by atoms with Gasteiger partial charge in [0.2, 0.25) is 0 Å². The molecule has 0 radical (unpaired) electrons. The van der Waals surface area contributed by atoms with Gasteiger partial charge in [-0.3, -0.25) is 0 Å². The van der Waals surface area contributed by atoms with E-state index in [9.17, 15) is 4.79 Å². The standard InChI is InChI=1S/C15H18N2O2/c1-3-19-15(18)11-6-4-5-10-12-8-16-9(2)7-13(12)17-14(10)11/h4-6,9,16-17H,3,7-8H2,1-2H3. The van der Waals surface area contributed by atoms with E-state index in [1.54, 1.807) is 0 Å². The van der Waals surface area contributed by atoms with Gasteiger partial charge in [0.25, 0.3) is 0 Å². The highest BCUT2D eigenvalue weighted by molar-refractivity contribution is 6.04. The van der Waals surface area contributed by atoms with Crippen LogP contribution in [0.2, 0.25) is 0 Å². The molecule has 0 saturated heterocycles. The van der Waals surface area contributed by atoms with E-state index in [2.05, 4.69) is 23.3 Å². The topological polar surface area (TPSA) is 54.1 Å². The first kappa shape index (κ1) is 12.2. The second kappa shape index (κ2) is 4.70. The number of carbonyl (C=O) groups is 1. The number of H-pyrrole nitrogens is 1. The second-order valence-electron chi connectivity index (χ2n) is 5.02. The number of rotatable bonds is 2. The zero-order valence-electron chi connectivity index (χ0n) is 11.2. The zero-order valence-corrected chi connectivity index (χ0v) is 11.2. The van der Waals surface area contributed by atoms with Crippen LogP contribution >= 0.6 is 0 Å². The number of hydrogen-bond donors (Lipinski definition) is 2. The lowest BCUT2D eigenvalue weighted by molar-refractivity contribution is 0.0528. The summed E-state index contributed by atoms with van der Waals surface area (Å²) >= 11 is 0. The molecule has 0 spiro atoms. The maximum Gasteiger partial charge on any atom is 0.340 e. The number of fused-ring (bicyclic) bond motifs is 3. The molecule has 1 unspecified atom stereocenters. The molecule has 100 valence electrons. The van der Waals surface area contributed by atoms with Gasteiger partial charge >= 0.3 is 5.97 Å². The molecule has 3 rings (SSSR count). The fourth-order valence-electron chi connectivity index (χ4n) is 2.74. The van der Waals surface area contributed by atoms with Crippen LogP contribution in [0.3, 0.4) is 0 Å². The summed E-state index contributed by atoms with van der Waals surface area (Å²) in [5.41, 5.74) is 4.04. The lowest BCUT2D eigenvalue weighted by Gasteiger charge is -2.20. The minimum Gasteiger partial charge on any atom is -0.462 e. The third kappa shape index (κ3) is 2.02. The maximum atomic E-state index is 12.0. The molecule has 0 bridgehead atoms. The first-order valence-corrected chi connectivity index (χ1v) is 6.73. The van der Waals surface area contributed by atoms with Crippen LogP contribution in [0.25, 0.3) is 10.9 Å². The Morgan fingerprint density at radius 1 is 1.47 bits per heavy atom. The summed E-state index contributed by atoms with van der Waals surface area (Å²) in [5, 5.41) is 4.58. The molecule has 1 aromatic carbocycles. The molecule has 1 aliphatic rings. The van der Waals surface area contributed by atoms with Gasteiger partial charge in [-0.15, -0.1) is 0 Å². The van der Waals surface area contributed by atoms with E-state index < -0.39 is 0 Å². The number of esters is 1. The fourth-order valence-corrected chi connectivity index (χ4v) is 2.74. The van der Waals surface area contributed by atoms with Crippen molar-refractivity contribution in [1.29, 1.82) is 0 Å². The predicted molar refractivity (Wildman–Crippen MR) is 74.3 cm³/mol.